The average Bonchev–Trinajstić information content (AvgIpc) is 2.71. The van der Waals surface area contributed by atoms with Gasteiger partial charge in [0, 0.05) is 24.2 Å². The molecule has 1 heterocycles. The van der Waals surface area contributed by atoms with Gasteiger partial charge in [-0.25, -0.2) is 0 Å². The summed E-state index contributed by atoms with van der Waals surface area (Å²) in [5, 5.41) is 14.6. The number of hydrogen-bond acceptors (Lipinski definition) is 5. The Bertz CT molecular complexity index is 403. The fourth-order valence-electron chi connectivity index (χ4n) is 1.84. The molecule has 0 saturated heterocycles. The van der Waals surface area contributed by atoms with Crippen LogP contribution in [0.4, 0.5) is 0 Å². The number of aliphatic hydroxyl groups excluding tert-OH is 1. The highest BCUT2D eigenvalue weighted by Gasteiger charge is 2.09. The summed E-state index contributed by atoms with van der Waals surface area (Å²) >= 11 is 1.14. The van der Waals surface area contributed by atoms with Crippen molar-refractivity contribution in [3.63, 3.8) is 0 Å². The molecule has 1 rings (SSSR count). The normalized spacial score (nSPS) is 14.8. The van der Waals surface area contributed by atoms with Crippen LogP contribution in [0.5, 0.6) is 0 Å². The van der Waals surface area contributed by atoms with Crippen molar-refractivity contribution in [3.8, 4) is 0 Å². The highest BCUT2D eigenvalue weighted by Crippen LogP contribution is 2.07. The lowest BCUT2D eigenvalue weighted by Gasteiger charge is -2.18. The summed E-state index contributed by atoms with van der Waals surface area (Å²) in [6, 6.07) is 0. The second-order valence-electron chi connectivity index (χ2n) is 5.23. The van der Waals surface area contributed by atoms with E-state index in [-0.39, 0.29) is 11.0 Å². The van der Waals surface area contributed by atoms with Crippen LogP contribution < -0.4 is 10.2 Å². The van der Waals surface area contributed by atoms with Crippen LogP contribution in [0.1, 0.15) is 32.9 Å². The maximum absolute atomic E-state index is 10.9. The Kier molecular flexibility index (Phi) is 7.30. The van der Waals surface area contributed by atoms with E-state index in [1.807, 2.05) is 6.92 Å². The van der Waals surface area contributed by atoms with Gasteiger partial charge in [0.15, 0.2) is 0 Å². The Balaban J connectivity index is 2.10. The van der Waals surface area contributed by atoms with E-state index in [4.69, 9.17) is 4.74 Å². The predicted molar refractivity (Wildman–Crippen MR) is 77.5 cm³/mol. The van der Waals surface area contributed by atoms with Gasteiger partial charge in [-0.05, 0) is 19.3 Å². The van der Waals surface area contributed by atoms with Crippen LogP contribution >= 0.6 is 11.3 Å². The minimum Gasteiger partial charge on any atom is -0.389 e. The first-order valence-corrected chi connectivity index (χ1v) is 7.52. The van der Waals surface area contributed by atoms with Crippen LogP contribution in [0, 0.1) is 5.92 Å². The quantitative estimate of drug-likeness (QED) is 0.641. The van der Waals surface area contributed by atoms with Crippen molar-refractivity contribution in [1.82, 2.24) is 10.3 Å². The van der Waals surface area contributed by atoms with E-state index in [1.54, 1.807) is 5.38 Å². The largest absolute Gasteiger partial charge is 0.389 e. The molecule has 19 heavy (non-hydrogen) atoms. The van der Waals surface area contributed by atoms with E-state index in [2.05, 4.69) is 24.1 Å². The number of aliphatic hydroxyl groups is 1. The molecule has 6 heteroatoms. The Morgan fingerprint density at radius 2 is 2.21 bits per heavy atom. The molecule has 5 nitrogen and oxygen atoms in total. The molecule has 0 aliphatic rings. The maximum Gasteiger partial charge on any atom is 0.304 e. The molecular formula is C13H24N2O3S. The van der Waals surface area contributed by atoms with E-state index in [0.717, 1.165) is 23.5 Å². The van der Waals surface area contributed by atoms with Crippen LogP contribution in [-0.2, 0) is 11.3 Å². The third-order valence-electron chi connectivity index (χ3n) is 2.64. The topological polar surface area (TPSA) is 74.3 Å². The van der Waals surface area contributed by atoms with Gasteiger partial charge in [-0.2, -0.15) is 0 Å². The fraction of sp³-hybridized carbons (Fsp3) is 0.769. The number of aromatic amines is 1. The smallest absolute Gasteiger partial charge is 0.304 e. The molecule has 3 N–H and O–H groups in total. The first kappa shape index (κ1) is 16.4. The second-order valence-corrected chi connectivity index (χ2v) is 6.07. The van der Waals surface area contributed by atoms with Crippen molar-refractivity contribution >= 4 is 11.3 Å². The zero-order valence-electron chi connectivity index (χ0n) is 11.8. The number of hydrogen-bond donors (Lipinski definition) is 3. The molecule has 0 bridgehead atoms. The number of nitrogens with one attached hydrogen (secondary N) is 2. The Morgan fingerprint density at radius 1 is 1.47 bits per heavy atom. The molecule has 0 spiro atoms. The molecule has 2 atom stereocenters. The van der Waals surface area contributed by atoms with Gasteiger partial charge in [-0.3, -0.25) is 4.79 Å². The minimum absolute atomic E-state index is 0.0526. The van der Waals surface area contributed by atoms with E-state index in [0.29, 0.717) is 25.6 Å². The van der Waals surface area contributed by atoms with Crippen molar-refractivity contribution < 1.29 is 9.84 Å². The van der Waals surface area contributed by atoms with Gasteiger partial charge >= 0.3 is 4.87 Å². The SMILES string of the molecule is CC(C)CC(C)OCC(O)CNCc1csc(=O)[nH]1. The zero-order valence-corrected chi connectivity index (χ0v) is 12.6. The van der Waals surface area contributed by atoms with Gasteiger partial charge in [0.1, 0.15) is 0 Å². The monoisotopic (exact) mass is 288 g/mol. The summed E-state index contributed by atoms with van der Waals surface area (Å²) < 4.78 is 5.58. The lowest BCUT2D eigenvalue weighted by Crippen LogP contribution is -2.31. The zero-order chi connectivity index (χ0) is 14.3. The van der Waals surface area contributed by atoms with E-state index < -0.39 is 6.10 Å². The Labute approximate surface area is 118 Å². The summed E-state index contributed by atoms with van der Waals surface area (Å²) in [7, 11) is 0. The summed E-state index contributed by atoms with van der Waals surface area (Å²) in [5.41, 5.74) is 0.844. The number of ether oxygens (including phenoxy) is 1. The van der Waals surface area contributed by atoms with Crippen LogP contribution in [0.2, 0.25) is 0 Å². The number of rotatable bonds is 9. The van der Waals surface area contributed by atoms with Crippen molar-refractivity contribution in [3.05, 3.63) is 20.7 Å². The lowest BCUT2D eigenvalue weighted by molar-refractivity contribution is -0.00859. The second kappa shape index (κ2) is 8.47. The standard InChI is InChI=1S/C13H24N2O3S/c1-9(2)4-10(3)18-7-12(16)6-14-5-11-8-19-13(17)15-11/h8-10,12,14,16H,4-7H2,1-3H3,(H,15,17). The summed E-state index contributed by atoms with van der Waals surface area (Å²) in [4.78, 5) is 13.6. The maximum atomic E-state index is 10.9. The molecule has 0 saturated carbocycles. The van der Waals surface area contributed by atoms with Gasteiger partial charge in [0.05, 0.1) is 18.8 Å². The van der Waals surface area contributed by atoms with E-state index in [1.165, 1.54) is 0 Å². The summed E-state index contributed by atoms with van der Waals surface area (Å²) in [5.74, 6) is 0.598. The summed E-state index contributed by atoms with van der Waals surface area (Å²) in [6.45, 7) is 7.67. The third kappa shape index (κ3) is 7.47. The van der Waals surface area contributed by atoms with Crippen molar-refractivity contribution in [2.24, 2.45) is 5.92 Å². The van der Waals surface area contributed by atoms with Gasteiger partial charge in [-0.1, -0.05) is 25.2 Å². The molecule has 1 aromatic rings. The van der Waals surface area contributed by atoms with E-state index in [9.17, 15) is 9.90 Å². The fourth-order valence-corrected chi connectivity index (χ4v) is 2.42. The molecule has 0 aliphatic carbocycles. The number of thiazole rings is 1. The highest BCUT2D eigenvalue weighted by atomic mass is 32.1. The van der Waals surface area contributed by atoms with Crippen LogP contribution in [0.25, 0.3) is 0 Å². The first-order chi connectivity index (χ1) is 8.97. The van der Waals surface area contributed by atoms with Crippen LogP contribution in [0.15, 0.2) is 10.2 Å². The van der Waals surface area contributed by atoms with Crippen LogP contribution in [-0.4, -0.2) is 35.5 Å². The van der Waals surface area contributed by atoms with Crippen LogP contribution in [0.3, 0.4) is 0 Å². The van der Waals surface area contributed by atoms with Crippen molar-refractivity contribution in [2.75, 3.05) is 13.2 Å². The molecule has 110 valence electrons. The molecule has 0 radical (unpaired) electrons. The predicted octanol–water partition coefficient (Wildman–Crippen LogP) is 1.34. The third-order valence-corrected chi connectivity index (χ3v) is 3.36. The Morgan fingerprint density at radius 3 is 2.79 bits per heavy atom. The van der Waals surface area contributed by atoms with Gasteiger partial charge in [-0.15, -0.1) is 0 Å². The van der Waals surface area contributed by atoms with Gasteiger partial charge in [0.2, 0.25) is 0 Å². The van der Waals surface area contributed by atoms with Crippen molar-refractivity contribution in [2.45, 2.75) is 45.9 Å². The number of aromatic nitrogens is 1. The van der Waals surface area contributed by atoms with Gasteiger partial charge in [0.25, 0.3) is 0 Å². The molecule has 0 aliphatic heterocycles. The molecule has 2 unspecified atom stereocenters. The van der Waals surface area contributed by atoms with E-state index >= 15 is 0 Å². The molecule has 1 aromatic heterocycles. The number of H-pyrrole nitrogens is 1. The molecular weight excluding hydrogens is 264 g/mol. The molecule has 0 fully saturated rings. The Hall–Kier alpha value is -0.690. The molecule has 0 aromatic carbocycles. The minimum atomic E-state index is -0.528. The van der Waals surface area contributed by atoms with Crippen molar-refractivity contribution in [1.29, 1.82) is 0 Å². The summed E-state index contributed by atoms with van der Waals surface area (Å²) in [6.07, 6.45) is 0.638. The molecule has 0 amide bonds. The highest BCUT2D eigenvalue weighted by molar-refractivity contribution is 7.07. The van der Waals surface area contributed by atoms with Gasteiger partial charge < -0.3 is 20.1 Å². The first-order valence-electron chi connectivity index (χ1n) is 6.64. The average molecular weight is 288 g/mol. The lowest BCUT2D eigenvalue weighted by atomic mass is 10.1.